The maximum absolute atomic E-state index is 12.5. The molecule has 4 rings (SSSR count). The first-order valence-corrected chi connectivity index (χ1v) is 11.9. The third-order valence-electron chi connectivity index (χ3n) is 5.07. The average Bonchev–Trinajstić information content (AvgIpc) is 3.53. The van der Waals surface area contributed by atoms with Gasteiger partial charge in [-0.1, -0.05) is 6.07 Å². The molecule has 0 radical (unpaired) electrons. The minimum atomic E-state index is -3.20. The van der Waals surface area contributed by atoms with Gasteiger partial charge in [0.15, 0.2) is 16.6 Å². The number of benzene rings is 1. The molecule has 8 nitrogen and oxygen atoms in total. The molecule has 1 aliphatic carbocycles. The maximum Gasteiger partial charge on any atom is 0.250 e. The largest absolute Gasteiger partial charge is 0.493 e. The van der Waals surface area contributed by atoms with Gasteiger partial charge < -0.3 is 9.47 Å². The van der Waals surface area contributed by atoms with Gasteiger partial charge in [0, 0.05) is 30.5 Å². The molecule has 1 amide bonds. The van der Waals surface area contributed by atoms with Gasteiger partial charge in [-0.25, -0.2) is 13.4 Å². The van der Waals surface area contributed by atoms with Gasteiger partial charge in [-0.3, -0.25) is 10.1 Å². The van der Waals surface area contributed by atoms with Gasteiger partial charge in [0.05, 0.1) is 25.2 Å². The summed E-state index contributed by atoms with van der Waals surface area (Å²) >= 11 is 1.33. The van der Waals surface area contributed by atoms with E-state index in [-0.39, 0.29) is 11.2 Å². The number of anilines is 1. The average molecular weight is 450 g/mol. The van der Waals surface area contributed by atoms with E-state index in [0.717, 1.165) is 29.0 Å². The van der Waals surface area contributed by atoms with E-state index in [0.29, 0.717) is 36.1 Å². The van der Waals surface area contributed by atoms with Crippen molar-refractivity contribution in [2.24, 2.45) is 0 Å². The second kappa shape index (κ2) is 8.37. The number of sulfonamides is 1. The molecular weight excluding hydrogens is 426 g/mol. The Morgan fingerprint density at radius 1 is 1.27 bits per heavy atom. The van der Waals surface area contributed by atoms with E-state index >= 15 is 0 Å². The lowest BCUT2D eigenvalue weighted by Crippen LogP contribution is -2.37. The number of thiazole rings is 1. The van der Waals surface area contributed by atoms with Crippen LogP contribution in [0.3, 0.4) is 0 Å². The molecule has 0 spiro atoms. The molecule has 1 fully saturated rings. The van der Waals surface area contributed by atoms with Gasteiger partial charge in [0.1, 0.15) is 0 Å². The molecule has 2 aliphatic rings. The van der Waals surface area contributed by atoms with Crippen LogP contribution in [0.5, 0.6) is 11.5 Å². The van der Waals surface area contributed by atoms with Crippen LogP contribution in [0.15, 0.2) is 24.3 Å². The smallest absolute Gasteiger partial charge is 0.250 e. The topological polar surface area (TPSA) is 97.8 Å². The van der Waals surface area contributed by atoms with Crippen molar-refractivity contribution in [2.75, 3.05) is 26.1 Å². The van der Waals surface area contributed by atoms with Gasteiger partial charge in [-0.15, -0.1) is 11.3 Å². The van der Waals surface area contributed by atoms with Crippen molar-refractivity contribution in [2.45, 2.75) is 31.1 Å². The van der Waals surface area contributed by atoms with Crippen molar-refractivity contribution in [3.05, 3.63) is 40.4 Å². The van der Waals surface area contributed by atoms with E-state index in [2.05, 4.69) is 10.3 Å². The number of nitrogens with zero attached hydrogens (tertiary/aromatic N) is 2. The zero-order chi connectivity index (χ0) is 21.3. The molecule has 2 aromatic rings. The Balaban J connectivity index is 1.40. The molecule has 0 bridgehead atoms. The molecule has 0 saturated heterocycles. The molecule has 30 heavy (non-hydrogen) atoms. The first-order valence-electron chi connectivity index (χ1n) is 9.59. The van der Waals surface area contributed by atoms with Crippen LogP contribution in [0.1, 0.15) is 29.0 Å². The fourth-order valence-corrected chi connectivity index (χ4v) is 6.21. The van der Waals surface area contributed by atoms with Crippen molar-refractivity contribution in [1.29, 1.82) is 0 Å². The van der Waals surface area contributed by atoms with E-state index < -0.39 is 10.0 Å². The molecule has 10 heteroatoms. The van der Waals surface area contributed by atoms with Crippen molar-refractivity contribution in [3.63, 3.8) is 0 Å². The van der Waals surface area contributed by atoms with Gasteiger partial charge in [-0.2, -0.15) is 4.31 Å². The Hall–Kier alpha value is -2.43. The Kier molecular flexibility index (Phi) is 5.81. The van der Waals surface area contributed by atoms with Gasteiger partial charge in [0.2, 0.25) is 15.9 Å². The third-order valence-corrected chi connectivity index (χ3v) is 8.41. The molecule has 1 aromatic heterocycles. The maximum atomic E-state index is 12.5. The quantitative estimate of drug-likeness (QED) is 0.653. The number of carbonyl (C=O) groups is 1. The van der Waals surface area contributed by atoms with E-state index in [1.165, 1.54) is 17.4 Å². The van der Waals surface area contributed by atoms with Crippen LogP contribution >= 0.6 is 11.3 Å². The number of ether oxygens (including phenoxy) is 2. The van der Waals surface area contributed by atoms with Crippen LogP contribution < -0.4 is 14.8 Å². The minimum absolute atomic E-state index is 0.215. The predicted octanol–water partition coefficient (Wildman–Crippen LogP) is 2.66. The summed E-state index contributed by atoms with van der Waals surface area (Å²) in [5.74, 6) is 0.891. The number of rotatable bonds is 7. The molecule has 1 aliphatic heterocycles. The lowest BCUT2D eigenvalue weighted by Gasteiger charge is -2.25. The number of hydrogen-bond donors (Lipinski definition) is 1. The summed E-state index contributed by atoms with van der Waals surface area (Å²) in [7, 11) is -0.0816. The fraction of sp³-hybridized carbons (Fsp3) is 0.400. The van der Waals surface area contributed by atoms with Gasteiger partial charge in [0.25, 0.3) is 0 Å². The number of amides is 1. The second-order valence-electron chi connectivity index (χ2n) is 7.15. The van der Waals surface area contributed by atoms with Crippen molar-refractivity contribution in [3.8, 4) is 11.5 Å². The number of fused-ring (bicyclic) bond motifs is 1. The predicted molar refractivity (Wildman–Crippen MR) is 115 cm³/mol. The van der Waals surface area contributed by atoms with Crippen LogP contribution in [-0.4, -0.2) is 49.6 Å². The van der Waals surface area contributed by atoms with Gasteiger partial charge >= 0.3 is 0 Å². The molecule has 2 heterocycles. The molecule has 1 aromatic carbocycles. The van der Waals surface area contributed by atoms with Crippen LogP contribution in [0.25, 0.3) is 6.08 Å². The summed E-state index contributed by atoms with van der Waals surface area (Å²) in [6, 6.07) is 5.37. The summed E-state index contributed by atoms with van der Waals surface area (Å²) < 4.78 is 36.9. The highest BCUT2D eigenvalue weighted by Crippen LogP contribution is 2.35. The van der Waals surface area contributed by atoms with Gasteiger partial charge in [-0.05, 0) is 36.6 Å². The first kappa shape index (κ1) is 20.8. The summed E-state index contributed by atoms with van der Waals surface area (Å²) in [6.07, 6.45) is 5.17. The standard InChI is InChI=1S/C20H23N3O5S2/c1-27-16-7-3-13(11-17(16)28-2)4-8-19(24)22-20-21-15-9-10-23(12-18(15)29-20)30(25,26)14-5-6-14/h3-4,7-8,11,14H,5-6,9-10,12H2,1-2H3,(H,21,22,24)/b8-4+. The van der Waals surface area contributed by atoms with Crippen LogP contribution in [-0.2, 0) is 27.8 Å². The first-order chi connectivity index (χ1) is 14.4. The van der Waals surface area contributed by atoms with Crippen LogP contribution in [0, 0.1) is 0 Å². The Morgan fingerprint density at radius 3 is 2.73 bits per heavy atom. The number of carbonyl (C=O) groups excluding carboxylic acids is 1. The molecule has 1 N–H and O–H groups in total. The van der Waals surface area contributed by atoms with Crippen molar-refractivity contribution >= 4 is 38.5 Å². The monoisotopic (exact) mass is 449 g/mol. The fourth-order valence-electron chi connectivity index (χ4n) is 3.29. The summed E-state index contributed by atoms with van der Waals surface area (Å²) in [6.45, 7) is 0.783. The van der Waals surface area contributed by atoms with E-state index in [1.54, 1.807) is 36.7 Å². The van der Waals surface area contributed by atoms with E-state index in [9.17, 15) is 13.2 Å². The van der Waals surface area contributed by atoms with Crippen LogP contribution in [0.2, 0.25) is 0 Å². The lowest BCUT2D eigenvalue weighted by atomic mass is 10.2. The van der Waals surface area contributed by atoms with Crippen molar-refractivity contribution < 1.29 is 22.7 Å². The molecule has 0 atom stereocenters. The highest BCUT2D eigenvalue weighted by molar-refractivity contribution is 7.90. The number of aromatic nitrogens is 1. The lowest BCUT2D eigenvalue weighted by molar-refractivity contribution is -0.111. The number of hydrogen-bond acceptors (Lipinski definition) is 7. The zero-order valence-corrected chi connectivity index (χ0v) is 18.4. The Labute approximate surface area is 179 Å². The summed E-state index contributed by atoms with van der Waals surface area (Å²) in [5.41, 5.74) is 1.66. The Bertz CT molecular complexity index is 1090. The van der Waals surface area contributed by atoms with E-state index in [1.807, 2.05) is 6.07 Å². The van der Waals surface area contributed by atoms with E-state index in [4.69, 9.17) is 9.47 Å². The van der Waals surface area contributed by atoms with Crippen LogP contribution in [0.4, 0.5) is 5.13 Å². The van der Waals surface area contributed by atoms with Crippen molar-refractivity contribution in [1.82, 2.24) is 9.29 Å². The summed E-state index contributed by atoms with van der Waals surface area (Å²) in [4.78, 5) is 17.7. The number of methoxy groups -OCH3 is 2. The summed E-state index contributed by atoms with van der Waals surface area (Å²) in [5, 5.41) is 3.03. The second-order valence-corrected chi connectivity index (χ2v) is 10.5. The molecule has 0 unspecified atom stereocenters. The highest BCUT2D eigenvalue weighted by atomic mass is 32.2. The molecular formula is C20H23N3O5S2. The number of nitrogens with one attached hydrogen (secondary N) is 1. The Morgan fingerprint density at radius 2 is 2.03 bits per heavy atom. The third kappa shape index (κ3) is 4.35. The molecule has 1 saturated carbocycles. The molecule has 160 valence electrons. The minimum Gasteiger partial charge on any atom is -0.493 e. The SMILES string of the molecule is COc1ccc(/C=C/C(=O)Nc2nc3c(s2)CN(S(=O)(=O)C2CC2)CC3)cc1OC. The highest BCUT2D eigenvalue weighted by Gasteiger charge is 2.41. The zero-order valence-electron chi connectivity index (χ0n) is 16.8. The normalized spacial score (nSPS) is 17.0.